The molecule has 1 fully saturated rings. The minimum Gasteiger partial charge on any atom is -0.504 e. The topological polar surface area (TPSA) is 90.2 Å². The molecule has 5 heteroatoms. The highest BCUT2D eigenvalue weighted by molar-refractivity contribution is 5.52. The molecule has 1 aromatic carbocycles. The first-order valence-electron chi connectivity index (χ1n) is 11.5. The van der Waals surface area contributed by atoms with E-state index in [1.165, 1.54) is 63.5 Å². The fraction of sp³-hybridized carbons (Fsp3) is 0.600. The van der Waals surface area contributed by atoms with E-state index in [0.29, 0.717) is 17.9 Å². The molecule has 5 nitrogen and oxygen atoms in total. The number of phenolic OH excluding ortho intramolecular Hbond substituents is 3. The average molecular weight is 417 g/mol. The number of hydrogen-bond donors (Lipinski definition) is 4. The van der Waals surface area contributed by atoms with Gasteiger partial charge in [-0.2, -0.15) is 0 Å². The van der Waals surface area contributed by atoms with Gasteiger partial charge in [-0.05, 0) is 42.5 Å². The molecule has 166 valence electrons. The molecule has 1 aromatic rings. The Hall–Kier alpha value is -2.14. The number of fused-ring (bicyclic) bond motifs is 1. The minimum atomic E-state index is -0.777. The van der Waals surface area contributed by atoms with Crippen LogP contribution < -0.4 is 0 Å². The molecule has 3 unspecified atom stereocenters. The maximum atomic E-state index is 10.5. The molecular formula is C25H36O5. The van der Waals surface area contributed by atoms with Crippen LogP contribution in [0.1, 0.15) is 89.2 Å². The van der Waals surface area contributed by atoms with E-state index in [2.05, 4.69) is 19.1 Å². The van der Waals surface area contributed by atoms with Gasteiger partial charge in [-0.25, -0.2) is 0 Å². The molecule has 1 aliphatic heterocycles. The Labute approximate surface area is 179 Å². The van der Waals surface area contributed by atoms with E-state index >= 15 is 0 Å². The van der Waals surface area contributed by atoms with Gasteiger partial charge in [0.15, 0.2) is 23.4 Å². The molecule has 0 saturated carbocycles. The van der Waals surface area contributed by atoms with E-state index in [1.807, 2.05) is 0 Å². The molecule has 3 rings (SSSR count). The Kier molecular flexibility index (Phi) is 8.08. The Bertz CT molecular complexity index is 744. The van der Waals surface area contributed by atoms with Crippen molar-refractivity contribution in [3.63, 3.8) is 0 Å². The zero-order valence-electron chi connectivity index (χ0n) is 18.0. The van der Waals surface area contributed by atoms with Crippen molar-refractivity contribution >= 4 is 0 Å². The Morgan fingerprint density at radius 2 is 1.57 bits per heavy atom. The van der Waals surface area contributed by atoms with Crippen LogP contribution in [0, 0.1) is 5.92 Å². The zero-order chi connectivity index (χ0) is 21.5. The second-order valence-electron chi connectivity index (χ2n) is 8.74. The van der Waals surface area contributed by atoms with Crippen LogP contribution in [0.4, 0.5) is 0 Å². The van der Waals surface area contributed by atoms with Gasteiger partial charge in [0.2, 0.25) is 0 Å². The maximum absolute atomic E-state index is 10.5. The number of aliphatic hydroxyl groups is 1. The molecule has 30 heavy (non-hydrogen) atoms. The Morgan fingerprint density at radius 3 is 2.23 bits per heavy atom. The summed E-state index contributed by atoms with van der Waals surface area (Å²) in [4.78, 5) is 0. The van der Waals surface area contributed by atoms with Crippen LogP contribution in [0.3, 0.4) is 0 Å². The van der Waals surface area contributed by atoms with Gasteiger partial charge in [-0.1, -0.05) is 64.4 Å². The molecule has 1 heterocycles. The van der Waals surface area contributed by atoms with Gasteiger partial charge >= 0.3 is 0 Å². The third kappa shape index (κ3) is 5.72. The zero-order valence-corrected chi connectivity index (χ0v) is 18.0. The summed E-state index contributed by atoms with van der Waals surface area (Å²) in [7, 11) is 0. The van der Waals surface area contributed by atoms with Crippen LogP contribution >= 0.6 is 0 Å². The molecule has 1 aliphatic carbocycles. The van der Waals surface area contributed by atoms with Crippen LogP contribution in [0.2, 0.25) is 0 Å². The van der Waals surface area contributed by atoms with Crippen LogP contribution in [0.5, 0.6) is 17.2 Å². The van der Waals surface area contributed by atoms with Gasteiger partial charge in [0, 0.05) is 12.0 Å². The van der Waals surface area contributed by atoms with Gasteiger partial charge < -0.3 is 25.2 Å². The predicted molar refractivity (Wildman–Crippen MR) is 117 cm³/mol. The molecule has 0 bridgehead atoms. The molecule has 2 aliphatic rings. The van der Waals surface area contributed by atoms with E-state index in [1.54, 1.807) is 0 Å². The summed E-state index contributed by atoms with van der Waals surface area (Å²) < 4.78 is 6.09. The SMILES string of the molecule is CCCCCCCCCCC1C=C2OC(c3cc(O)c(O)c(O)c3)C(O)CC2=CC1. The third-order valence-corrected chi connectivity index (χ3v) is 6.25. The summed E-state index contributed by atoms with van der Waals surface area (Å²) in [6.07, 6.45) is 16.0. The quantitative estimate of drug-likeness (QED) is 0.278. The third-order valence-electron chi connectivity index (χ3n) is 6.25. The highest BCUT2D eigenvalue weighted by Gasteiger charge is 2.34. The van der Waals surface area contributed by atoms with Crippen molar-refractivity contribution in [2.45, 2.75) is 89.8 Å². The fourth-order valence-electron chi connectivity index (χ4n) is 4.45. The van der Waals surface area contributed by atoms with E-state index in [0.717, 1.165) is 24.2 Å². The van der Waals surface area contributed by atoms with Crippen LogP contribution in [-0.4, -0.2) is 26.5 Å². The number of unbranched alkanes of at least 4 members (excludes halogenated alkanes) is 7. The van der Waals surface area contributed by atoms with E-state index < -0.39 is 29.5 Å². The number of benzene rings is 1. The summed E-state index contributed by atoms with van der Waals surface area (Å²) >= 11 is 0. The average Bonchev–Trinajstić information content (AvgIpc) is 2.73. The lowest BCUT2D eigenvalue weighted by atomic mass is 9.85. The number of aromatic hydroxyl groups is 3. The lowest BCUT2D eigenvalue weighted by Crippen LogP contribution is -2.28. The smallest absolute Gasteiger partial charge is 0.200 e. The molecule has 3 atom stereocenters. The maximum Gasteiger partial charge on any atom is 0.200 e. The number of rotatable bonds is 10. The second-order valence-corrected chi connectivity index (χ2v) is 8.74. The van der Waals surface area contributed by atoms with Crippen molar-refractivity contribution in [1.82, 2.24) is 0 Å². The summed E-state index contributed by atoms with van der Waals surface area (Å²) in [6, 6.07) is 2.66. The normalized spacial score (nSPS) is 23.3. The molecule has 4 N–H and O–H groups in total. The number of hydrogen-bond acceptors (Lipinski definition) is 5. The lowest BCUT2D eigenvalue weighted by Gasteiger charge is -2.35. The fourth-order valence-corrected chi connectivity index (χ4v) is 4.45. The number of aliphatic hydroxyl groups excluding tert-OH is 1. The predicted octanol–water partition coefficient (Wildman–Crippen LogP) is 5.99. The van der Waals surface area contributed by atoms with Crippen molar-refractivity contribution in [3.8, 4) is 17.2 Å². The second kappa shape index (κ2) is 10.8. The molecular weight excluding hydrogens is 380 g/mol. The molecule has 0 amide bonds. The van der Waals surface area contributed by atoms with Crippen LogP contribution in [0.25, 0.3) is 0 Å². The highest BCUT2D eigenvalue weighted by atomic mass is 16.5. The number of ether oxygens (including phenoxy) is 1. The molecule has 0 aromatic heterocycles. The molecule has 0 radical (unpaired) electrons. The summed E-state index contributed by atoms with van der Waals surface area (Å²) in [5.74, 6) is -0.166. The summed E-state index contributed by atoms with van der Waals surface area (Å²) in [6.45, 7) is 2.25. The first-order valence-corrected chi connectivity index (χ1v) is 11.5. The minimum absolute atomic E-state index is 0.424. The van der Waals surface area contributed by atoms with Gasteiger partial charge in [-0.15, -0.1) is 0 Å². The van der Waals surface area contributed by atoms with Gasteiger partial charge in [0.05, 0.1) is 6.10 Å². The first-order chi connectivity index (χ1) is 14.5. The Balaban J connectivity index is 1.53. The Morgan fingerprint density at radius 1 is 0.933 bits per heavy atom. The first kappa shape index (κ1) is 22.5. The molecule has 1 saturated heterocycles. The van der Waals surface area contributed by atoms with Crippen molar-refractivity contribution in [3.05, 3.63) is 41.2 Å². The van der Waals surface area contributed by atoms with Gasteiger partial charge in [0.25, 0.3) is 0 Å². The summed E-state index contributed by atoms with van der Waals surface area (Å²) in [5.41, 5.74) is 1.47. The largest absolute Gasteiger partial charge is 0.504 e. The van der Waals surface area contributed by atoms with Crippen LogP contribution in [0.15, 0.2) is 35.6 Å². The number of phenols is 3. The van der Waals surface area contributed by atoms with E-state index in [4.69, 9.17) is 4.74 Å². The van der Waals surface area contributed by atoms with Crippen LogP contribution in [-0.2, 0) is 4.74 Å². The van der Waals surface area contributed by atoms with E-state index in [-0.39, 0.29) is 0 Å². The van der Waals surface area contributed by atoms with Gasteiger partial charge in [0.1, 0.15) is 5.76 Å². The van der Waals surface area contributed by atoms with Crippen molar-refractivity contribution in [1.29, 1.82) is 0 Å². The van der Waals surface area contributed by atoms with Crippen molar-refractivity contribution in [2.75, 3.05) is 0 Å². The highest BCUT2D eigenvalue weighted by Crippen LogP contribution is 2.44. The van der Waals surface area contributed by atoms with Crippen molar-refractivity contribution < 1.29 is 25.2 Å². The number of allylic oxidation sites excluding steroid dienone is 3. The molecule has 0 spiro atoms. The van der Waals surface area contributed by atoms with E-state index in [9.17, 15) is 20.4 Å². The monoisotopic (exact) mass is 416 g/mol. The standard InChI is InChI=1S/C25H36O5/c1-2-3-4-5-6-7-8-9-10-17-11-12-18-14-22(28)25(30-23(18)13-17)19-15-20(26)24(29)21(27)16-19/h12-13,15-17,22,25-29H,2-11,14H2,1H3. The van der Waals surface area contributed by atoms with Gasteiger partial charge in [-0.3, -0.25) is 0 Å². The lowest BCUT2D eigenvalue weighted by molar-refractivity contribution is -0.0236. The van der Waals surface area contributed by atoms with Crippen molar-refractivity contribution in [2.24, 2.45) is 5.92 Å². The summed E-state index contributed by atoms with van der Waals surface area (Å²) in [5, 5.41) is 39.7.